The summed E-state index contributed by atoms with van der Waals surface area (Å²) in [6, 6.07) is 0. The molecule has 0 spiro atoms. The van der Waals surface area contributed by atoms with Gasteiger partial charge >= 0.3 is 5.97 Å². The second kappa shape index (κ2) is 7.39. The van der Waals surface area contributed by atoms with Crippen LogP contribution in [-0.2, 0) is 14.4 Å². The molecular formula is C19H28N2O5. The van der Waals surface area contributed by atoms with Crippen molar-refractivity contribution >= 4 is 17.8 Å². The average Bonchev–Trinajstić information content (AvgIpc) is 3.30. The maximum Gasteiger partial charge on any atom is 0.330 e. The molecule has 26 heavy (non-hydrogen) atoms. The lowest BCUT2D eigenvalue weighted by molar-refractivity contribution is -0.148. The number of aliphatic carboxylic acids is 1. The van der Waals surface area contributed by atoms with E-state index in [1.54, 1.807) is 11.9 Å². The van der Waals surface area contributed by atoms with Crippen LogP contribution in [0.4, 0.5) is 0 Å². The Hall–Kier alpha value is -1.89. The summed E-state index contributed by atoms with van der Waals surface area (Å²) >= 11 is 0. The second-order valence-electron chi connectivity index (χ2n) is 7.94. The van der Waals surface area contributed by atoms with Gasteiger partial charge in [-0.25, -0.2) is 4.79 Å². The fourth-order valence-electron chi connectivity index (χ4n) is 4.27. The van der Waals surface area contributed by atoms with Gasteiger partial charge in [-0.2, -0.15) is 0 Å². The van der Waals surface area contributed by atoms with Gasteiger partial charge in [0.15, 0.2) is 0 Å². The van der Waals surface area contributed by atoms with Crippen molar-refractivity contribution < 1.29 is 24.6 Å². The van der Waals surface area contributed by atoms with E-state index in [0.717, 1.165) is 19.3 Å². The summed E-state index contributed by atoms with van der Waals surface area (Å²) in [7, 11) is 1.75. The smallest absolute Gasteiger partial charge is 0.330 e. The summed E-state index contributed by atoms with van der Waals surface area (Å²) in [4.78, 5) is 39.2. The molecular weight excluding hydrogens is 336 g/mol. The Kier molecular flexibility index (Phi) is 5.37. The van der Waals surface area contributed by atoms with Crippen LogP contribution in [0, 0.1) is 17.8 Å². The molecule has 2 amide bonds. The molecule has 7 nitrogen and oxygen atoms in total. The molecule has 0 radical (unpaired) electrons. The molecule has 1 heterocycles. The van der Waals surface area contributed by atoms with Crippen LogP contribution in [-0.4, -0.2) is 58.1 Å². The van der Waals surface area contributed by atoms with E-state index in [0.29, 0.717) is 25.8 Å². The zero-order valence-corrected chi connectivity index (χ0v) is 15.2. The Morgan fingerprint density at radius 2 is 2.04 bits per heavy atom. The number of carbonyl (C=O) groups excluding carboxylic acids is 2. The predicted octanol–water partition coefficient (Wildman–Crippen LogP) is 0.922. The monoisotopic (exact) mass is 364 g/mol. The summed E-state index contributed by atoms with van der Waals surface area (Å²) in [5, 5.41) is 22.3. The zero-order valence-electron chi connectivity index (χ0n) is 15.2. The summed E-state index contributed by atoms with van der Waals surface area (Å²) < 4.78 is 0. The molecule has 3 rings (SSSR count). The largest absolute Gasteiger partial charge is 0.479 e. The topological polar surface area (TPSA) is 107 Å². The molecule has 2 saturated carbocycles. The predicted molar refractivity (Wildman–Crippen MR) is 94.1 cm³/mol. The van der Waals surface area contributed by atoms with Crippen molar-refractivity contribution in [3.05, 3.63) is 12.2 Å². The van der Waals surface area contributed by atoms with E-state index in [4.69, 9.17) is 0 Å². The van der Waals surface area contributed by atoms with Crippen LogP contribution in [0.25, 0.3) is 0 Å². The van der Waals surface area contributed by atoms with Crippen LogP contribution in [0.5, 0.6) is 0 Å². The van der Waals surface area contributed by atoms with Crippen molar-refractivity contribution in [2.45, 2.75) is 56.6 Å². The lowest BCUT2D eigenvalue weighted by atomic mass is 9.76. The highest BCUT2D eigenvalue weighted by Gasteiger charge is 2.61. The SMILES string of the molecule is CN1CCCC/C=C\[C@@H]2C[C@@]2(C(=O)O)NC(=O)[C@@H]2C[C@@H](O)CC[C@H]2C1=O. The fourth-order valence-corrected chi connectivity index (χ4v) is 4.27. The summed E-state index contributed by atoms with van der Waals surface area (Å²) in [5.41, 5.74) is -1.26. The van der Waals surface area contributed by atoms with E-state index in [1.165, 1.54) is 0 Å². The van der Waals surface area contributed by atoms with Crippen LogP contribution in [0.2, 0.25) is 0 Å². The minimum Gasteiger partial charge on any atom is -0.479 e. The van der Waals surface area contributed by atoms with E-state index in [9.17, 15) is 24.6 Å². The maximum absolute atomic E-state index is 12.9. The highest BCUT2D eigenvalue weighted by molar-refractivity contribution is 5.94. The molecule has 0 unspecified atom stereocenters. The van der Waals surface area contributed by atoms with Gasteiger partial charge in [-0.05, 0) is 44.9 Å². The van der Waals surface area contributed by atoms with Gasteiger partial charge < -0.3 is 20.4 Å². The van der Waals surface area contributed by atoms with Gasteiger partial charge in [-0.15, -0.1) is 0 Å². The van der Waals surface area contributed by atoms with Crippen molar-refractivity contribution in [2.75, 3.05) is 13.6 Å². The summed E-state index contributed by atoms with van der Waals surface area (Å²) in [6.45, 7) is 0.641. The highest BCUT2D eigenvalue weighted by Crippen LogP contribution is 2.46. The molecule has 7 heteroatoms. The molecule has 5 atom stereocenters. The lowest BCUT2D eigenvalue weighted by Crippen LogP contribution is -2.52. The molecule has 0 aromatic carbocycles. The van der Waals surface area contributed by atoms with Crippen molar-refractivity contribution in [1.29, 1.82) is 0 Å². The number of hydrogen-bond donors (Lipinski definition) is 3. The van der Waals surface area contributed by atoms with Gasteiger partial charge in [0.25, 0.3) is 0 Å². The van der Waals surface area contributed by atoms with E-state index < -0.39 is 35.4 Å². The Balaban J connectivity index is 1.86. The third-order valence-electron chi connectivity index (χ3n) is 6.08. The number of carboxylic acid groups (broad SMARTS) is 1. The third-order valence-corrected chi connectivity index (χ3v) is 6.08. The molecule has 144 valence electrons. The van der Waals surface area contributed by atoms with Crippen LogP contribution in [0.15, 0.2) is 12.2 Å². The Morgan fingerprint density at radius 1 is 1.27 bits per heavy atom. The number of nitrogens with one attached hydrogen (secondary N) is 1. The van der Waals surface area contributed by atoms with Crippen LogP contribution < -0.4 is 5.32 Å². The molecule has 0 bridgehead atoms. The molecule has 2 aliphatic carbocycles. The van der Waals surface area contributed by atoms with Gasteiger partial charge in [0.2, 0.25) is 11.8 Å². The van der Waals surface area contributed by atoms with Gasteiger partial charge in [-0.3, -0.25) is 9.59 Å². The lowest BCUT2D eigenvalue weighted by Gasteiger charge is -2.35. The van der Waals surface area contributed by atoms with E-state index in [2.05, 4.69) is 5.32 Å². The number of aliphatic hydroxyl groups excluding tert-OH is 1. The van der Waals surface area contributed by atoms with Crippen molar-refractivity contribution in [1.82, 2.24) is 10.2 Å². The first-order valence-corrected chi connectivity index (χ1v) is 9.50. The van der Waals surface area contributed by atoms with Crippen LogP contribution >= 0.6 is 0 Å². The minimum atomic E-state index is -1.26. The van der Waals surface area contributed by atoms with Crippen LogP contribution in [0.1, 0.15) is 44.9 Å². The first kappa shape index (κ1) is 18.9. The first-order chi connectivity index (χ1) is 12.3. The van der Waals surface area contributed by atoms with Crippen molar-refractivity contribution in [3.63, 3.8) is 0 Å². The number of carboxylic acids is 1. The second-order valence-corrected chi connectivity index (χ2v) is 7.94. The number of rotatable bonds is 1. The third kappa shape index (κ3) is 3.63. The maximum atomic E-state index is 12.9. The quantitative estimate of drug-likeness (QED) is 0.600. The number of carbonyl (C=O) groups is 3. The molecule has 2 fully saturated rings. The molecule has 0 saturated heterocycles. The van der Waals surface area contributed by atoms with E-state index in [-0.39, 0.29) is 18.2 Å². The summed E-state index contributed by atoms with van der Waals surface area (Å²) in [5.74, 6) is -2.93. The minimum absolute atomic E-state index is 0.0821. The standard InChI is InChI=1S/C19H28N2O5/c1-21-9-5-3-2-4-6-12-11-19(12,18(25)26)20-16(23)15-10-13(22)7-8-14(15)17(21)24/h4,6,12-15,22H,2-3,5,7-11H2,1H3,(H,20,23)(H,25,26)/b6-4-/t12-,13+,14-,15-,19-/m1/s1. The number of hydrogen-bond acceptors (Lipinski definition) is 4. The Bertz CT molecular complexity index is 619. The number of fused-ring (bicyclic) bond motifs is 2. The van der Waals surface area contributed by atoms with Gasteiger partial charge in [0, 0.05) is 25.4 Å². The zero-order chi connectivity index (χ0) is 18.9. The van der Waals surface area contributed by atoms with E-state index in [1.807, 2.05) is 12.2 Å². The average molecular weight is 364 g/mol. The highest BCUT2D eigenvalue weighted by atomic mass is 16.4. The molecule has 0 aromatic rings. The summed E-state index contributed by atoms with van der Waals surface area (Å²) in [6.07, 6.45) is 7.38. The van der Waals surface area contributed by atoms with Crippen molar-refractivity contribution in [2.24, 2.45) is 17.8 Å². The first-order valence-electron chi connectivity index (χ1n) is 9.50. The Labute approximate surface area is 153 Å². The number of aliphatic hydroxyl groups is 1. The fraction of sp³-hybridized carbons (Fsp3) is 0.737. The number of allylic oxidation sites excluding steroid dienone is 1. The molecule has 3 aliphatic rings. The van der Waals surface area contributed by atoms with Gasteiger partial charge in [0.1, 0.15) is 5.54 Å². The van der Waals surface area contributed by atoms with Crippen LogP contribution in [0.3, 0.4) is 0 Å². The molecule has 1 aliphatic heterocycles. The molecule has 0 aromatic heterocycles. The van der Waals surface area contributed by atoms with Gasteiger partial charge in [-0.1, -0.05) is 12.2 Å². The molecule has 3 N–H and O–H groups in total. The Morgan fingerprint density at radius 3 is 2.77 bits per heavy atom. The normalized spacial score (nSPS) is 39.8. The number of nitrogens with zero attached hydrogens (tertiary/aromatic N) is 1. The number of amides is 2. The van der Waals surface area contributed by atoms with E-state index >= 15 is 0 Å². The van der Waals surface area contributed by atoms with Gasteiger partial charge in [0.05, 0.1) is 12.0 Å². The van der Waals surface area contributed by atoms with Crippen molar-refractivity contribution in [3.8, 4) is 0 Å².